The van der Waals surface area contributed by atoms with Crippen LogP contribution in [-0.4, -0.2) is 34.0 Å². The molecule has 2 aliphatic rings. The molecule has 2 atom stereocenters. The molecular weight excluding hydrogens is 272 g/mol. The van der Waals surface area contributed by atoms with Crippen LogP contribution in [-0.2, 0) is 0 Å². The topological polar surface area (TPSA) is 102 Å². The van der Waals surface area contributed by atoms with Crippen molar-refractivity contribution in [2.45, 2.75) is 43.8 Å². The van der Waals surface area contributed by atoms with Crippen molar-refractivity contribution in [3.63, 3.8) is 0 Å². The molecule has 0 saturated carbocycles. The number of amides is 2. The molecule has 0 radical (unpaired) electrons. The SMILES string of the molecule is NC1CC2CCC(C1)N2C(=O)Nc1ccc([N+](=O)[O-])cc1. The summed E-state index contributed by atoms with van der Waals surface area (Å²) in [6.45, 7) is 0. The maximum atomic E-state index is 12.4. The highest BCUT2D eigenvalue weighted by Crippen LogP contribution is 2.35. The van der Waals surface area contributed by atoms with Gasteiger partial charge in [0.1, 0.15) is 0 Å². The maximum absolute atomic E-state index is 12.4. The molecular formula is C14H18N4O3. The number of nitro groups is 1. The van der Waals surface area contributed by atoms with Gasteiger partial charge < -0.3 is 16.0 Å². The Bertz CT molecular complexity index is 546. The van der Waals surface area contributed by atoms with E-state index in [4.69, 9.17) is 5.73 Å². The fourth-order valence-electron chi connectivity index (χ4n) is 3.41. The molecule has 1 aromatic carbocycles. The Hall–Kier alpha value is -2.15. The Morgan fingerprint density at radius 2 is 1.81 bits per heavy atom. The lowest BCUT2D eigenvalue weighted by molar-refractivity contribution is -0.384. The first-order valence-electron chi connectivity index (χ1n) is 7.14. The number of nitro benzene ring substituents is 1. The number of hydrogen-bond donors (Lipinski definition) is 2. The Labute approximate surface area is 122 Å². The molecule has 7 heteroatoms. The zero-order valence-corrected chi connectivity index (χ0v) is 11.6. The molecule has 0 aromatic heterocycles. The summed E-state index contributed by atoms with van der Waals surface area (Å²) in [5, 5.41) is 13.4. The zero-order chi connectivity index (χ0) is 15.0. The average Bonchev–Trinajstić information content (AvgIpc) is 2.72. The lowest BCUT2D eigenvalue weighted by Crippen LogP contribution is -2.51. The van der Waals surface area contributed by atoms with Gasteiger partial charge in [0, 0.05) is 35.9 Å². The number of carbonyl (C=O) groups excluding carboxylic acids is 1. The van der Waals surface area contributed by atoms with Gasteiger partial charge in [0.15, 0.2) is 0 Å². The predicted molar refractivity (Wildman–Crippen MR) is 78.0 cm³/mol. The first kappa shape index (κ1) is 13.8. The van der Waals surface area contributed by atoms with Crippen molar-refractivity contribution < 1.29 is 9.72 Å². The highest BCUT2D eigenvalue weighted by molar-refractivity contribution is 5.90. The third-order valence-electron chi connectivity index (χ3n) is 4.33. The lowest BCUT2D eigenvalue weighted by Gasteiger charge is -2.37. The highest BCUT2D eigenvalue weighted by atomic mass is 16.6. The van der Waals surface area contributed by atoms with Crippen molar-refractivity contribution in [3.05, 3.63) is 34.4 Å². The second-order valence-corrected chi connectivity index (χ2v) is 5.76. The molecule has 2 fully saturated rings. The molecule has 7 nitrogen and oxygen atoms in total. The van der Waals surface area contributed by atoms with Gasteiger partial charge in [0.25, 0.3) is 5.69 Å². The molecule has 3 N–H and O–H groups in total. The van der Waals surface area contributed by atoms with Gasteiger partial charge >= 0.3 is 6.03 Å². The van der Waals surface area contributed by atoms with Gasteiger partial charge in [-0.1, -0.05) is 0 Å². The summed E-state index contributed by atoms with van der Waals surface area (Å²) in [7, 11) is 0. The molecule has 2 saturated heterocycles. The Morgan fingerprint density at radius 3 is 2.33 bits per heavy atom. The number of hydrogen-bond acceptors (Lipinski definition) is 4. The third kappa shape index (κ3) is 2.69. The third-order valence-corrected chi connectivity index (χ3v) is 4.33. The summed E-state index contributed by atoms with van der Waals surface area (Å²) in [6, 6.07) is 6.36. The molecule has 2 heterocycles. The number of non-ortho nitro benzene ring substituents is 1. The second kappa shape index (κ2) is 5.33. The van der Waals surface area contributed by atoms with Crippen LogP contribution in [0.5, 0.6) is 0 Å². The standard InChI is InChI=1S/C14H18N4O3/c15-9-7-12-5-6-13(8-9)17(12)14(19)16-10-1-3-11(4-2-10)18(20)21/h1-4,9,12-13H,5-8,15H2,(H,16,19). The van der Waals surface area contributed by atoms with E-state index >= 15 is 0 Å². The minimum absolute atomic E-state index is 0.0111. The fourth-order valence-corrected chi connectivity index (χ4v) is 3.41. The van der Waals surface area contributed by atoms with Crippen molar-refractivity contribution in [2.24, 2.45) is 5.73 Å². The van der Waals surface area contributed by atoms with Gasteiger partial charge in [0.05, 0.1) is 4.92 Å². The van der Waals surface area contributed by atoms with Crippen LogP contribution in [0.3, 0.4) is 0 Å². The van der Waals surface area contributed by atoms with E-state index < -0.39 is 4.92 Å². The van der Waals surface area contributed by atoms with Crippen LogP contribution < -0.4 is 11.1 Å². The molecule has 112 valence electrons. The molecule has 3 rings (SSSR count). The van der Waals surface area contributed by atoms with E-state index in [0.29, 0.717) is 5.69 Å². The first-order chi connectivity index (χ1) is 10.0. The number of benzene rings is 1. The van der Waals surface area contributed by atoms with E-state index in [1.165, 1.54) is 12.1 Å². The van der Waals surface area contributed by atoms with Crippen LogP contribution in [0, 0.1) is 10.1 Å². The van der Waals surface area contributed by atoms with Crippen LogP contribution in [0.2, 0.25) is 0 Å². The van der Waals surface area contributed by atoms with E-state index in [0.717, 1.165) is 25.7 Å². The van der Waals surface area contributed by atoms with E-state index in [-0.39, 0.29) is 29.8 Å². The Kier molecular flexibility index (Phi) is 3.50. The number of nitrogens with two attached hydrogens (primary N) is 1. The first-order valence-corrected chi connectivity index (χ1v) is 7.14. The summed E-state index contributed by atoms with van der Waals surface area (Å²) in [5.41, 5.74) is 6.57. The van der Waals surface area contributed by atoms with Crippen LogP contribution in [0.25, 0.3) is 0 Å². The summed E-state index contributed by atoms with van der Waals surface area (Å²) >= 11 is 0. The van der Waals surface area contributed by atoms with Gasteiger partial charge in [-0.2, -0.15) is 0 Å². The van der Waals surface area contributed by atoms with E-state index in [1.54, 1.807) is 12.1 Å². The number of piperidine rings is 1. The summed E-state index contributed by atoms with van der Waals surface area (Å²) in [4.78, 5) is 24.4. The predicted octanol–water partition coefficient (Wildman–Crippen LogP) is 2.08. The minimum atomic E-state index is -0.460. The molecule has 2 unspecified atom stereocenters. The highest BCUT2D eigenvalue weighted by Gasteiger charge is 2.42. The van der Waals surface area contributed by atoms with E-state index in [2.05, 4.69) is 5.32 Å². The van der Waals surface area contributed by atoms with Gasteiger partial charge in [-0.3, -0.25) is 10.1 Å². The van der Waals surface area contributed by atoms with Crippen LogP contribution in [0.4, 0.5) is 16.2 Å². The number of fused-ring (bicyclic) bond motifs is 2. The summed E-state index contributed by atoms with van der Waals surface area (Å²) in [6.07, 6.45) is 3.71. The minimum Gasteiger partial charge on any atom is -0.328 e. The fraction of sp³-hybridized carbons (Fsp3) is 0.500. The number of rotatable bonds is 2. The number of nitrogens with one attached hydrogen (secondary N) is 1. The molecule has 0 spiro atoms. The molecule has 2 amide bonds. The molecule has 2 aliphatic heterocycles. The van der Waals surface area contributed by atoms with Crippen molar-refractivity contribution in [1.82, 2.24) is 4.90 Å². The van der Waals surface area contributed by atoms with Crippen molar-refractivity contribution >= 4 is 17.4 Å². The number of nitrogens with zero attached hydrogens (tertiary/aromatic N) is 2. The number of carbonyl (C=O) groups is 1. The molecule has 1 aromatic rings. The zero-order valence-electron chi connectivity index (χ0n) is 11.6. The van der Waals surface area contributed by atoms with Gasteiger partial charge in [-0.05, 0) is 37.8 Å². The summed E-state index contributed by atoms with van der Waals surface area (Å²) < 4.78 is 0. The van der Waals surface area contributed by atoms with Gasteiger partial charge in [0.2, 0.25) is 0 Å². The van der Waals surface area contributed by atoms with Crippen molar-refractivity contribution in [3.8, 4) is 0 Å². The monoisotopic (exact) mass is 290 g/mol. The second-order valence-electron chi connectivity index (χ2n) is 5.76. The molecule has 21 heavy (non-hydrogen) atoms. The average molecular weight is 290 g/mol. The largest absolute Gasteiger partial charge is 0.328 e. The van der Waals surface area contributed by atoms with Crippen molar-refractivity contribution in [2.75, 3.05) is 5.32 Å². The van der Waals surface area contributed by atoms with E-state index in [9.17, 15) is 14.9 Å². The maximum Gasteiger partial charge on any atom is 0.322 e. The van der Waals surface area contributed by atoms with Gasteiger partial charge in [-0.15, -0.1) is 0 Å². The van der Waals surface area contributed by atoms with Gasteiger partial charge in [-0.25, -0.2) is 4.79 Å². The van der Waals surface area contributed by atoms with Crippen LogP contribution >= 0.6 is 0 Å². The lowest BCUT2D eigenvalue weighted by atomic mass is 9.99. The smallest absolute Gasteiger partial charge is 0.322 e. The quantitative estimate of drug-likeness (QED) is 0.643. The number of anilines is 1. The van der Waals surface area contributed by atoms with Crippen molar-refractivity contribution in [1.29, 1.82) is 0 Å². The molecule has 2 bridgehead atoms. The summed E-state index contributed by atoms with van der Waals surface area (Å²) in [5.74, 6) is 0. The van der Waals surface area contributed by atoms with E-state index in [1.807, 2.05) is 4.90 Å². The molecule has 0 aliphatic carbocycles. The Morgan fingerprint density at radius 1 is 1.24 bits per heavy atom. The Balaban J connectivity index is 1.68. The van der Waals surface area contributed by atoms with Crippen LogP contribution in [0.15, 0.2) is 24.3 Å². The normalized spacial score (nSPS) is 27.5. The number of urea groups is 1. The van der Waals surface area contributed by atoms with Crippen LogP contribution in [0.1, 0.15) is 25.7 Å².